The molecule has 3 N–H and O–H groups in total. The Morgan fingerprint density at radius 2 is 1.15 bits per heavy atom. The van der Waals surface area contributed by atoms with E-state index in [0.29, 0.717) is 35.1 Å². The van der Waals surface area contributed by atoms with Crippen LogP contribution in [0.25, 0.3) is 11.1 Å². The average Bonchev–Trinajstić information content (AvgIpc) is 3.32. The first-order valence-electron chi connectivity index (χ1n) is 16.0. The van der Waals surface area contributed by atoms with Crippen molar-refractivity contribution in [2.24, 2.45) is 0 Å². The molecule has 0 spiro atoms. The third-order valence-electron chi connectivity index (χ3n) is 9.31. The van der Waals surface area contributed by atoms with Gasteiger partial charge < -0.3 is 15.3 Å². The summed E-state index contributed by atoms with van der Waals surface area (Å²) in [6.45, 7) is 6.15. The number of aliphatic hydroxyl groups excluding tert-OH is 1. The molecule has 2 unspecified atom stereocenters. The molecule has 0 aliphatic heterocycles. The summed E-state index contributed by atoms with van der Waals surface area (Å²) in [5.41, 5.74) is 5.42. The summed E-state index contributed by atoms with van der Waals surface area (Å²) in [6.07, 6.45) is 0.156. The first kappa shape index (κ1) is 32.3. The summed E-state index contributed by atoms with van der Waals surface area (Å²) < 4.78 is 0. The van der Waals surface area contributed by atoms with Gasteiger partial charge in [-0.3, -0.25) is 9.59 Å². The van der Waals surface area contributed by atoms with Gasteiger partial charge in [0.1, 0.15) is 11.7 Å². The van der Waals surface area contributed by atoms with E-state index in [0.717, 1.165) is 33.4 Å². The molecule has 5 heteroatoms. The number of Topliss-reactive ketones (excluding diaryl/α,β-unsaturated/α-hetero) is 1. The Hall–Kier alpha value is -4.68. The van der Waals surface area contributed by atoms with Gasteiger partial charge in [-0.1, -0.05) is 115 Å². The lowest BCUT2D eigenvalue weighted by molar-refractivity contribution is -0.0496. The molecule has 0 bridgehead atoms. The number of rotatable bonds is 10. The minimum Gasteiger partial charge on any atom is -0.387 e. The monoisotopic (exact) mass is 624 g/mol. The molecule has 0 fully saturated rings. The Morgan fingerprint density at radius 1 is 0.617 bits per heavy atom. The van der Waals surface area contributed by atoms with E-state index in [1.54, 1.807) is 26.0 Å². The molecule has 0 amide bonds. The molecule has 5 nitrogen and oxygen atoms in total. The fraction of sp³-hybridized carbons (Fsp3) is 0.238. The maximum Gasteiger partial charge on any atom is 0.193 e. The molecular weight excluding hydrogens is 584 g/mol. The van der Waals surface area contributed by atoms with Crippen LogP contribution in [0, 0.1) is 0 Å². The van der Waals surface area contributed by atoms with E-state index in [-0.39, 0.29) is 11.6 Å². The molecule has 5 aromatic carbocycles. The predicted molar refractivity (Wildman–Crippen MR) is 185 cm³/mol. The number of ketones is 2. The Bertz CT molecular complexity index is 1930. The van der Waals surface area contributed by atoms with Gasteiger partial charge in [0.15, 0.2) is 11.6 Å². The lowest BCUT2D eigenvalue weighted by Crippen LogP contribution is -2.32. The van der Waals surface area contributed by atoms with Gasteiger partial charge in [0.25, 0.3) is 0 Å². The van der Waals surface area contributed by atoms with Crippen LogP contribution >= 0.6 is 0 Å². The third kappa shape index (κ3) is 6.22. The summed E-state index contributed by atoms with van der Waals surface area (Å²) in [5.74, 6) is -0.384. The van der Waals surface area contributed by atoms with Crippen molar-refractivity contribution < 1.29 is 24.9 Å². The van der Waals surface area contributed by atoms with E-state index in [2.05, 4.69) is 18.2 Å². The highest BCUT2D eigenvalue weighted by Crippen LogP contribution is 2.52. The van der Waals surface area contributed by atoms with Crippen molar-refractivity contribution in [2.75, 3.05) is 0 Å². The van der Waals surface area contributed by atoms with E-state index in [9.17, 15) is 24.9 Å². The van der Waals surface area contributed by atoms with Crippen LogP contribution in [0.5, 0.6) is 0 Å². The highest BCUT2D eigenvalue weighted by atomic mass is 16.3. The average molecular weight is 625 g/mol. The molecule has 2 atom stereocenters. The zero-order valence-electron chi connectivity index (χ0n) is 27.2. The van der Waals surface area contributed by atoms with Crippen molar-refractivity contribution in [2.45, 2.75) is 63.3 Å². The second-order valence-electron chi connectivity index (χ2n) is 13.8. The summed E-state index contributed by atoms with van der Waals surface area (Å²) in [7, 11) is 0. The lowest BCUT2D eigenvalue weighted by Gasteiger charge is -2.33. The van der Waals surface area contributed by atoms with Crippen molar-refractivity contribution in [3.8, 4) is 11.1 Å². The Labute approximate surface area is 276 Å². The van der Waals surface area contributed by atoms with E-state index in [4.69, 9.17) is 0 Å². The number of benzene rings is 5. The second-order valence-corrected chi connectivity index (χ2v) is 13.8. The SMILES string of the molecule is CC(C)(O)C(=O)c1ccc(CC2(Cc3ccc(C(O)C(C)(C)O)cc3)c3ccccc3-c3ccc(C(=O)c4ccccc4)cc32)cc1. The summed E-state index contributed by atoms with van der Waals surface area (Å²) in [4.78, 5) is 26.5. The molecule has 0 aromatic heterocycles. The summed E-state index contributed by atoms with van der Waals surface area (Å²) >= 11 is 0. The van der Waals surface area contributed by atoms with Crippen LogP contribution in [-0.4, -0.2) is 38.1 Å². The van der Waals surface area contributed by atoms with Gasteiger partial charge in [-0.2, -0.15) is 0 Å². The molecule has 1 aliphatic rings. The largest absolute Gasteiger partial charge is 0.387 e. The zero-order valence-corrected chi connectivity index (χ0v) is 27.2. The van der Waals surface area contributed by atoms with Gasteiger partial charge in [-0.05, 0) is 85.5 Å². The topological polar surface area (TPSA) is 94.8 Å². The van der Waals surface area contributed by atoms with Gasteiger partial charge in [0.05, 0.1) is 5.60 Å². The van der Waals surface area contributed by atoms with E-state index in [1.807, 2.05) is 91.0 Å². The van der Waals surface area contributed by atoms with Crippen LogP contribution in [0.2, 0.25) is 0 Å². The smallest absolute Gasteiger partial charge is 0.193 e. The van der Waals surface area contributed by atoms with Crippen LogP contribution in [0.3, 0.4) is 0 Å². The Balaban J connectivity index is 1.49. The van der Waals surface area contributed by atoms with Crippen LogP contribution in [-0.2, 0) is 18.3 Å². The predicted octanol–water partition coefficient (Wildman–Crippen LogP) is 7.43. The number of fused-ring (bicyclic) bond motifs is 3. The van der Waals surface area contributed by atoms with Crippen molar-refractivity contribution in [1.82, 2.24) is 0 Å². The molecule has 1 aliphatic carbocycles. The van der Waals surface area contributed by atoms with Crippen molar-refractivity contribution in [1.29, 1.82) is 0 Å². The summed E-state index contributed by atoms with van der Waals surface area (Å²) in [6, 6.07) is 38.8. The number of carbonyl (C=O) groups is 2. The van der Waals surface area contributed by atoms with Crippen LogP contribution in [0.15, 0.2) is 121 Å². The minimum absolute atomic E-state index is 0.0438. The second kappa shape index (κ2) is 12.2. The highest BCUT2D eigenvalue weighted by Gasteiger charge is 2.44. The van der Waals surface area contributed by atoms with Crippen molar-refractivity contribution in [3.63, 3.8) is 0 Å². The first-order chi connectivity index (χ1) is 22.3. The van der Waals surface area contributed by atoms with Crippen LogP contribution in [0.4, 0.5) is 0 Å². The molecule has 0 saturated carbocycles. The zero-order chi connectivity index (χ0) is 33.6. The molecular formula is C42H40O5. The molecule has 0 radical (unpaired) electrons. The van der Waals surface area contributed by atoms with Gasteiger partial charge in [-0.15, -0.1) is 0 Å². The van der Waals surface area contributed by atoms with Gasteiger partial charge in [-0.25, -0.2) is 0 Å². The van der Waals surface area contributed by atoms with Gasteiger partial charge in [0.2, 0.25) is 0 Å². The van der Waals surface area contributed by atoms with E-state index >= 15 is 0 Å². The Morgan fingerprint density at radius 3 is 1.74 bits per heavy atom. The molecule has 238 valence electrons. The molecule has 6 rings (SSSR count). The molecule has 5 aromatic rings. The quantitative estimate of drug-likeness (QED) is 0.141. The molecule has 0 saturated heterocycles. The number of carbonyl (C=O) groups excluding carboxylic acids is 2. The number of aliphatic hydroxyl groups is 3. The van der Waals surface area contributed by atoms with Crippen molar-refractivity contribution in [3.05, 3.63) is 166 Å². The number of hydrogen-bond acceptors (Lipinski definition) is 5. The van der Waals surface area contributed by atoms with Gasteiger partial charge in [0, 0.05) is 22.1 Å². The maximum atomic E-state index is 13.7. The summed E-state index contributed by atoms with van der Waals surface area (Å²) in [5, 5.41) is 31.4. The maximum absolute atomic E-state index is 13.7. The molecule has 0 heterocycles. The minimum atomic E-state index is -1.47. The van der Waals surface area contributed by atoms with Crippen molar-refractivity contribution >= 4 is 11.6 Å². The standard InChI is InChI=1S/C42H40O5/c1-40(2,46)38(44)30-18-14-27(15-19-30)25-42(26-28-16-20-31(21-17-28)39(45)41(3,4)47)35-13-9-8-12-33(35)34-23-22-32(24-36(34)42)37(43)29-10-6-5-7-11-29/h5-24,38,44,46-47H,25-26H2,1-4H3. The normalized spacial score (nSPS) is 16.3. The fourth-order valence-corrected chi connectivity index (χ4v) is 6.85. The van der Waals surface area contributed by atoms with Crippen LogP contribution < -0.4 is 0 Å². The highest BCUT2D eigenvalue weighted by molar-refractivity contribution is 6.09. The van der Waals surface area contributed by atoms with Crippen LogP contribution in [0.1, 0.15) is 87.9 Å². The van der Waals surface area contributed by atoms with Gasteiger partial charge >= 0.3 is 0 Å². The first-order valence-corrected chi connectivity index (χ1v) is 16.0. The fourth-order valence-electron chi connectivity index (χ4n) is 6.85. The Kier molecular flexibility index (Phi) is 8.35. The molecule has 47 heavy (non-hydrogen) atoms. The van der Waals surface area contributed by atoms with E-state index < -0.39 is 22.7 Å². The van der Waals surface area contributed by atoms with E-state index in [1.165, 1.54) is 13.8 Å². The lowest BCUT2D eigenvalue weighted by atomic mass is 9.69. The third-order valence-corrected chi connectivity index (χ3v) is 9.31. The number of hydrogen-bond donors (Lipinski definition) is 3.